The number of thiazole rings is 1. The Morgan fingerprint density at radius 3 is 2.86 bits per heavy atom. The molecule has 3 rings (SSSR count). The van der Waals surface area contributed by atoms with Crippen LogP contribution in [0.4, 0.5) is 0 Å². The molecule has 7 heteroatoms. The van der Waals surface area contributed by atoms with E-state index in [4.69, 9.17) is 14.6 Å². The molecule has 0 saturated carbocycles. The van der Waals surface area contributed by atoms with E-state index in [-0.39, 0.29) is 6.42 Å². The number of carboxylic acids is 1. The van der Waals surface area contributed by atoms with E-state index in [1.807, 2.05) is 23.7 Å². The molecule has 6 nitrogen and oxygen atoms in total. The molecule has 1 N–H and O–H groups in total. The second-order valence-electron chi connectivity index (χ2n) is 4.64. The van der Waals surface area contributed by atoms with Crippen LogP contribution in [0.15, 0.2) is 29.8 Å². The van der Waals surface area contributed by atoms with E-state index >= 15 is 0 Å². The number of aliphatic carboxylic acids is 1. The summed E-state index contributed by atoms with van der Waals surface area (Å²) in [6.07, 6.45) is 1.80. The van der Waals surface area contributed by atoms with Gasteiger partial charge in [0.1, 0.15) is 11.5 Å². The maximum Gasteiger partial charge on any atom is 0.309 e. The number of carboxylic acid groups (broad SMARTS) is 1. The molecule has 0 spiro atoms. The Balaban J connectivity index is 2.07. The fourth-order valence-electron chi connectivity index (χ4n) is 2.25. The predicted octanol–water partition coefficient (Wildman–Crippen LogP) is 2.71. The van der Waals surface area contributed by atoms with Crippen LogP contribution in [0.1, 0.15) is 5.69 Å². The van der Waals surface area contributed by atoms with Crippen LogP contribution in [-0.4, -0.2) is 34.7 Å². The summed E-state index contributed by atoms with van der Waals surface area (Å²) in [4.78, 5) is 16.2. The fraction of sp³-hybridized carbons (Fsp3) is 0.200. The zero-order valence-corrected chi connectivity index (χ0v) is 12.9. The quantitative estimate of drug-likeness (QED) is 0.783. The zero-order valence-electron chi connectivity index (χ0n) is 12.1. The van der Waals surface area contributed by atoms with Crippen molar-refractivity contribution >= 4 is 22.3 Å². The first kappa shape index (κ1) is 14.4. The van der Waals surface area contributed by atoms with Crippen molar-refractivity contribution in [1.29, 1.82) is 0 Å². The van der Waals surface area contributed by atoms with Gasteiger partial charge in [-0.25, -0.2) is 4.98 Å². The minimum Gasteiger partial charge on any atom is -0.497 e. The van der Waals surface area contributed by atoms with Gasteiger partial charge < -0.3 is 14.6 Å². The van der Waals surface area contributed by atoms with Gasteiger partial charge in [0.15, 0.2) is 4.96 Å². The second kappa shape index (κ2) is 5.69. The van der Waals surface area contributed by atoms with Crippen molar-refractivity contribution in [2.45, 2.75) is 6.42 Å². The zero-order chi connectivity index (χ0) is 15.7. The SMILES string of the molecule is COc1ccc(-c2cn3c(CC(=O)O)csc3n2)c(OC)c1. The third kappa shape index (κ3) is 2.50. The first-order valence-electron chi connectivity index (χ1n) is 6.52. The van der Waals surface area contributed by atoms with Crippen LogP contribution < -0.4 is 9.47 Å². The lowest BCUT2D eigenvalue weighted by atomic mass is 10.1. The maximum atomic E-state index is 10.9. The highest BCUT2D eigenvalue weighted by atomic mass is 32.1. The highest BCUT2D eigenvalue weighted by Gasteiger charge is 2.15. The van der Waals surface area contributed by atoms with Crippen LogP contribution in [0.25, 0.3) is 16.2 Å². The average Bonchev–Trinajstić information content (AvgIpc) is 3.08. The summed E-state index contributed by atoms with van der Waals surface area (Å²) < 4.78 is 12.4. The lowest BCUT2D eigenvalue weighted by Crippen LogP contribution is -2.02. The summed E-state index contributed by atoms with van der Waals surface area (Å²) in [5.74, 6) is 0.495. The Kier molecular flexibility index (Phi) is 3.72. The Morgan fingerprint density at radius 1 is 1.36 bits per heavy atom. The van der Waals surface area contributed by atoms with Gasteiger partial charge in [0.25, 0.3) is 0 Å². The van der Waals surface area contributed by atoms with Gasteiger partial charge in [-0.1, -0.05) is 0 Å². The molecule has 0 radical (unpaired) electrons. The normalized spacial score (nSPS) is 10.8. The van der Waals surface area contributed by atoms with Crippen molar-refractivity contribution < 1.29 is 19.4 Å². The minimum absolute atomic E-state index is 0.0322. The van der Waals surface area contributed by atoms with E-state index < -0.39 is 5.97 Å². The molecule has 22 heavy (non-hydrogen) atoms. The van der Waals surface area contributed by atoms with Crippen molar-refractivity contribution in [3.05, 3.63) is 35.5 Å². The molecule has 2 aromatic heterocycles. The van der Waals surface area contributed by atoms with Crippen molar-refractivity contribution in [2.75, 3.05) is 14.2 Å². The van der Waals surface area contributed by atoms with Gasteiger partial charge >= 0.3 is 5.97 Å². The first-order chi connectivity index (χ1) is 10.6. The molecule has 0 fully saturated rings. The van der Waals surface area contributed by atoms with Gasteiger partial charge in [-0.05, 0) is 12.1 Å². The molecule has 0 aliphatic rings. The number of imidazole rings is 1. The molecule has 0 aliphatic heterocycles. The first-order valence-corrected chi connectivity index (χ1v) is 7.40. The number of carbonyl (C=O) groups is 1. The molecule has 2 heterocycles. The lowest BCUT2D eigenvalue weighted by Gasteiger charge is -2.08. The van der Waals surface area contributed by atoms with Crippen LogP contribution in [0.3, 0.4) is 0 Å². The van der Waals surface area contributed by atoms with Crippen LogP contribution in [-0.2, 0) is 11.2 Å². The Hall–Kier alpha value is -2.54. The number of fused-ring (bicyclic) bond motifs is 1. The van der Waals surface area contributed by atoms with Crippen molar-refractivity contribution in [3.63, 3.8) is 0 Å². The van der Waals surface area contributed by atoms with Crippen molar-refractivity contribution in [3.8, 4) is 22.8 Å². The minimum atomic E-state index is -0.864. The molecule has 3 aromatic rings. The predicted molar refractivity (Wildman–Crippen MR) is 82.9 cm³/mol. The van der Waals surface area contributed by atoms with Gasteiger partial charge in [0.2, 0.25) is 0 Å². The van der Waals surface area contributed by atoms with Crippen LogP contribution >= 0.6 is 11.3 Å². The summed E-state index contributed by atoms with van der Waals surface area (Å²) in [7, 11) is 3.19. The third-order valence-corrected chi connectivity index (χ3v) is 4.19. The topological polar surface area (TPSA) is 73.1 Å². The van der Waals surface area contributed by atoms with E-state index in [0.29, 0.717) is 17.2 Å². The summed E-state index contributed by atoms with van der Waals surface area (Å²) in [6, 6.07) is 5.51. The molecule has 0 saturated heterocycles. The molecule has 0 unspecified atom stereocenters. The highest BCUT2D eigenvalue weighted by molar-refractivity contribution is 7.15. The van der Waals surface area contributed by atoms with Gasteiger partial charge in [-0.3, -0.25) is 9.20 Å². The van der Waals surface area contributed by atoms with E-state index in [1.165, 1.54) is 11.3 Å². The summed E-state index contributed by atoms with van der Waals surface area (Å²) in [5.41, 5.74) is 2.28. The Labute approximate surface area is 130 Å². The number of rotatable bonds is 5. The molecule has 114 valence electrons. The van der Waals surface area contributed by atoms with Gasteiger partial charge in [-0.15, -0.1) is 11.3 Å². The number of hydrogen-bond donors (Lipinski definition) is 1. The number of methoxy groups -OCH3 is 2. The number of nitrogens with zero attached hydrogens (tertiary/aromatic N) is 2. The van der Waals surface area contributed by atoms with Crippen LogP contribution in [0, 0.1) is 0 Å². The standard InChI is InChI=1S/C15H14N2O4S/c1-20-10-3-4-11(13(6-10)21-2)12-7-17-9(5-14(18)19)8-22-15(17)16-12/h3-4,6-8H,5H2,1-2H3,(H,18,19). The Bertz CT molecular complexity index is 837. The maximum absolute atomic E-state index is 10.9. The fourth-order valence-corrected chi connectivity index (χ4v) is 3.12. The highest BCUT2D eigenvalue weighted by Crippen LogP contribution is 2.33. The van der Waals surface area contributed by atoms with Gasteiger partial charge in [0.05, 0.1) is 26.3 Å². The van der Waals surface area contributed by atoms with E-state index in [0.717, 1.165) is 16.2 Å². The number of benzene rings is 1. The smallest absolute Gasteiger partial charge is 0.309 e. The molecule has 1 aromatic carbocycles. The largest absolute Gasteiger partial charge is 0.497 e. The molecule has 0 bridgehead atoms. The summed E-state index contributed by atoms with van der Waals surface area (Å²) in [6.45, 7) is 0. The molecule has 0 atom stereocenters. The summed E-state index contributed by atoms with van der Waals surface area (Å²) >= 11 is 1.42. The van der Waals surface area contributed by atoms with E-state index in [9.17, 15) is 4.79 Å². The molecule has 0 amide bonds. The van der Waals surface area contributed by atoms with Gasteiger partial charge in [-0.2, -0.15) is 0 Å². The van der Waals surface area contributed by atoms with Gasteiger partial charge in [0, 0.05) is 28.9 Å². The molecular weight excluding hydrogens is 304 g/mol. The number of hydrogen-bond acceptors (Lipinski definition) is 5. The summed E-state index contributed by atoms with van der Waals surface area (Å²) in [5, 5.41) is 10.8. The lowest BCUT2D eigenvalue weighted by molar-refractivity contribution is -0.136. The third-order valence-electron chi connectivity index (χ3n) is 3.30. The monoisotopic (exact) mass is 318 g/mol. The van der Waals surface area contributed by atoms with Crippen molar-refractivity contribution in [1.82, 2.24) is 9.38 Å². The van der Waals surface area contributed by atoms with Crippen LogP contribution in [0.2, 0.25) is 0 Å². The average molecular weight is 318 g/mol. The van der Waals surface area contributed by atoms with Crippen LogP contribution in [0.5, 0.6) is 11.5 Å². The van der Waals surface area contributed by atoms with E-state index in [1.54, 1.807) is 24.7 Å². The molecule has 0 aliphatic carbocycles. The Morgan fingerprint density at radius 2 is 2.18 bits per heavy atom. The number of aromatic nitrogens is 2. The number of ether oxygens (including phenoxy) is 2. The van der Waals surface area contributed by atoms with Crippen molar-refractivity contribution in [2.24, 2.45) is 0 Å². The van der Waals surface area contributed by atoms with E-state index in [2.05, 4.69) is 4.98 Å². The molecular formula is C15H14N2O4S. The second-order valence-corrected chi connectivity index (χ2v) is 5.48.